The Hall–Kier alpha value is -1.39. The van der Waals surface area contributed by atoms with E-state index in [2.05, 4.69) is 10.6 Å². The molecule has 0 saturated heterocycles. The van der Waals surface area contributed by atoms with Crippen molar-refractivity contribution in [3.05, 3.63) is 35.4 Å². The van der Waals surface area contributed by atoms with E-state index in [-0.39, 0.29) is 5.91 Å². The summed E-state index contributed by atoms with van der Waals surface area (Å²) in [6.45, 7) is 5.10. The fourth-order valence-electron chi connectivity index (χ4n) is 1.54. The molecule has 0 bridgehead atoms. The number of methoxy groups -OCH3 is 1. The SMILES string of the molecule is COCCCNCCNC(=O)c1ccc(C)cc1. The van der Waals surface area contributed by atoms with Gasteiger partial charge in [-0.15, -0.1) is 0 Å². The Balaban J connectivity index is 2.12. The molecule has 0 unspecified atom stereocenters. The molecule has 100 valence electrons. The van der Waals surface area contributed by atoms with E-state index >= 15 is 0 Å². The molecule has 2 N–H and O–H groups in total. The number of benzene rings is 1. The van der Waals surface area contributed by atoms with Gasteiger partial charge in [0.2, 0.25) is 0 Å². The Morgan fingerprint density at radius 3 is 2.56 bits per heavy atom. The molecular formula is C14H22N2O2. The van der Waals surface area contributed by atoms with Crippen LogP contribution >= 0.6 is 0 Å². The minimum atomic E-state index is -0.0197. The van der Waals surface area contributed by atoms with Crippen LogP contribution in [0.25, 0.3) is 0 Å². The Labute approximate surface area is 109 Å². The van der Waals surface area contributed by atoms with Gasteiger partial charge in [0.15, 0.2) is 0 Å². The number of aryl methyl sites for hydroxylation is 1. The molecule has 0 aromatic heterocycles. The Kier molecular flexibility index (Phi) is 7.06. The average molecular weight is 250 g/mol. The first-order chi connectivity index (χ1) is 8.74. The molecule has 0 saturated carbocycles. The minimum absolute atomic E-state index is 0.0197. The summed E-state index contributed by atoms with van der Waals surface area (Å²) in [4.78, 5) is 11.7. The van der Waals surface area contributed by atoms with Gasteiger partial charge in [0.25, 0.3) is 5.91 Å². The molecule has 1 aromatic rings. The molecule has 1 rings (SSSR count). The highest BCUT2D eigenvalue weighted by Crippen LogP contribution is 2.02. The fourth-order valence-corrected chi connectivity index (χ4v) is 1.54. The molecule has 4 heteroatoms. The largest absolute Gasteiger partial charge is 0.385 e. The summed E-state index contributed by atoms with van der Waals surface area (Å²) in [7, 11) is 1.70. The number of amides is 1. The number of hydrogen-bond donors (Lipinski definition) is 2. The zero-order chi connectivity index (χ0) is 13.2. The number of hydrogen-bond acceptors (Lipinski definition) is 3. The Morgan fingerprint density at radius 2 is 1.89 bits per heavy atom. The smallest absolute Gasteiger partial charge is 0.251 e. The lowest BCUT2D eigenvalue weighted by atomic mass is 10.1. The van der Waals surface area contributed by atoms with Crippen molar-refractivity contribution in [1.82, 2.24) is 10.6 Å². The zero-order valence-electron chi connectivity index (χ0n) is 11.2. The first-order valence-corrected chi connectivity index (χ1v) is 6.28. The first kappa shape index (κ1) is 14.7. The van der Waals surface area contributed by atoms with E-state index in [9.17, 15) is 4.79 Å². The molecule has 0 aliphatic rings. The molecule has 4 nitrogen and oxygen atoms in total. The molecule has 0 spiro atoms. The summed E-state index contributed by atoms with van der Waals surface area (Å²) in [5.74, 6) is -0.0197. The van der Waals surface area contributed by atoms with Crippen molar-refractivity contribution >= 4 is 5.91 Å². The molecule has 1 amide bonds. The van der Waals surface area contributed by atoms with Gasteiger partial charge in [0.1, 0.15) is 0 Å². The number of carbonyl (C=O) groups excluding carboxylic acids is 1. The number of ether oxygens (including phenoxy) is 1. The van der Waals surface area contributed by atoms with Crippen LogP contribution in [0.3, 0.4) is 0 Å². The third-order valence-electron chi connectivity index (χ3n) is 2.60. The molecule has 0 heterocycles. The van der Waals surface area contributed by atoms with Crippen LogP contribution < -0.4 is 10.6 Å². The average Bonchev–Trinajstić information content (AvgIpc) is 2.38. The van der Waals surface area contributed by atoms with E-state index in [0.29, 0.717) is 12.1 Å². The lowest BCUT2D eigenvalue weighted by Gasteiger charge is -2.07. The quantitative estimate of drug-likeness (QED) is 0.685. The summed E-state index contributed by atoms with van der Waals surface area (Å²) in [6, 6.07) is 7.57. The minimum Gasteiger partial charge on any atom is -0.385 e. The van der Waals surface area contributed by atoms with Crippen molar-refractivity contribution < 1.29 is 9.53 Å². The maximum Gasteiger partial charge on any atom is 0.251 e. The van der Waals surface area contributed by atoms with Crippen molar-refractivity contribution in [3.63, 3.8) is 0 Å². The number of carbonyl (C=O) groups is 1. The van der Waals surface area contributed by atoms with Gasteiger partial charge >= 0.3 is 0 Å². The van der Waals surface area contributed by atoms with Gasteiger partial charge < -0.3 is 15.4 Å². The van der Waals surface area contributed by atoms with Gasteiger partial charge in [-0.05, 0) is 32.0 Å². The van der Waals surface area contributed by atoms with Gasteiger partial charge in [-0.2, -0.15) is 0 Å². The molecule has 18 heavy (non-hydrogen) atoms. The molecule has 1 aromatic carbocycles. The number of nitrogens with one attached hydrogen (secondary N) is 2. The summed E-state index contributed by atoms with van der Waals surface area (Å²) < 4.78 is 4.94. The fraction of sp³-hybridized carbons (Fsp3) is 0.500. The van der Waals surface area contributed by atoms with E-state index in [4.69, 9.17) is 4.74 Å². The van der Waals surface area contributed by atoms with E-state index in [1.54, 1.807) is 7.11 Å². The van der Waals surface area contributed by atoms with Crippen LogP contribution in [-0.4, -0.2) is 39.3 Å². The molecule has 0 fully saturated rings. The van der Waals surface area contributed by atoms with Gasteiger partial charge in [-0.25, -0.2) is 0 Å². The van der Waals surface area contributed by atoms with E-state index < -0.39 is 0 Å². The second-order valence-corrected chi connectivity index (χ2v) is 4.22. The first-order valence-electron chi connectivity index (χ1n) is 6.28. The highest BCUT2D eigenvalue weighted by Gasteiger charge is 2.02. The van der Waals surface area contributed by atoms with Crippen molar-refractivity contribution in [3.8, 4) is 0 Å². The van der Waals surface area contributed by atoms with E-state index in [1.807, 2.05) is 31.2 Å². The van der Waals surface area contributed by atoms with E-state index in [0.717, 1.165) is 31.7 Å². The normalized spacial score (nSPS) is 10.3. The van der Waals surface area contributed by atoms with Crippen molar-refractivity contribution in [2.45, 2.75) is 13.3 Å². The van der Waals surface area contributed by atoms with Crippen molar-refractivity contribution in [2.24, 2.45) is 0 Å². The molecule has 0 atom stereocenters. The van der Waals surface area contributed by atoms with E-state index in [1.165, 1.54) is 0 Å². The predicted molar refractivity (Wildman–Crippen MR) is 72.9 cm³/mol. The van der Waals surface area contributed by atoms with Gasteiger partial charge in [-0.1, -0.05) is 17.7 Å². The highest BCUT2D eigenvalue weighted by molar-refractivity contribution is 5.94. The summed E-state index contributed by atoms with van der Waals surface area (Å²) in [6.07, 6.45) is 0.989. The lowest BCUT2D eigenvalue weighted by molar-refractivity contribution is 0.0954. The van der Waals surface area contributed by atoms with Crippen LogP contribution in [0.5, 0.6) is 0 Å². The van der Waals surface area contributed by atoms with Gasteiger partial charge in [0, 0.05) is 32.4 Å². The number of rotatable bonds is 8. The van der Waals surface area contributed by atoms with Crippen LogP contribution in [0.15, 0.2) is 24.3 Å². The second kappa shape index (κ2) is 8.66. The maximum atomic E-state index is 11.7. The third kappa shape index (κ3) is 5.80. The molecule has 0 aliphatic carbocycles. The monoisotopic (exact) mass is 250 g/mol. The zero-order valence-corrected chi connectivity index (χ0v) is 11.2. The standard InChI is InChI=1S/C14H22N2O2/c1-12-4-6-13(7-5-12)14(17)16-10-9-15-8-3-11-18-2/h4-7,15H,3,8-11H2,1-2H3,(H,16,17). The predicted octanol–water partition coefficient (Wildman–Crippen LogP) is 1.35. The molecule has 0 aliphatic heterocycles. The molecule has 0 radical (unpaired) electrons. The van der Waals surface area contributed by atoms with Crippen molar-refractivity contribution in [2.75, 3.05) is 33.4 Å². The second-order valence-electron chi connectivity index (χ2n) is 4.22. The summed E-state index contributed by atoms with van der Waals surface area (Å²) in [5, 5.41) is 6.12. The summed E-state index contributed by atoms with van der Waals surface area (Å²) in [5.41, 5.74) is 1.87. The topological polar surface area (TPSA) is 50.4 Å². The Bertz CT molecular complexity index is 349. The van der Waals surface area contributed by atoms with Crippen LogP contribution in [0.4, 0.5) is 0 Å². The van der Waals surface area contributed by atoms with Crippen LogP contribution in [0, 0.1) is 6.92 Å². The molecular weight excluding hydrogens is 228 g/mol. The Morgan fingerprint density at radius 1 is 1.17 bits per heavy atom. The van der Waals surface area contributed by atoms with Gasteiger partial charge in [-0.3, -0.25) is 4.79 Å². The third-order valence-corrected chi connectivity index (χ3v) is 2.60. The van der Waals surface area contributed by atoms with Crippen LogP contribution in [-0.2, 0) is 4.74 Å². The van der Waals surface area contributed by atoms with Crippen LogP contribution in [0.2, 0.25) is 0 Å². The lowest BCUT2D eigenvalue weighted by Crippen LogP contribution is -2.32. The van der Waals surface area contributed by atoms with Gasteiger partial charge in [0.05, 0.1) is 0 Å². The summed E-state index contributed by atoms with van der Waals surface area (Å²) >= 11 is 0. The maximum absolute atomic E-state index is 11.7. The highest BCUT2D eigenvalue weighted by atomic mass is 16.5. The van der Waals surface area contributed by atoms with Crippen molar-refractivity contribution in [1.29, 1.82) is 0 Å². The van der Waals surface area contributed by atoms with Crippen LogP contribution in [0.1, 0.15) is 22.3 Å².